The van der Waals surface area contributed by atoms with E-state index < -0.39 is 9.84 Å². The molecule has 2 saturated heterocycles. The molecule has 0 aliphatic carbocycles. The summed E-state index contributed by atoms with van der Waals surface area (Å²) in [6, 6.07) is 13.0. The summed E-state index contributed by atoms with van der Waals surface area (Å²) in [7, 11) is 1.64. The van der Waals surface area contributed by atoms with Crippen molar-refractivity contribution >= 4 is 32.7 Å². The normalized spacial score (nSPS) is 22.0. The summed E-state index contributed by atoms with van der Waals surface area (Å²) in [5, 5.41) is 0.498. The van der Waals surface area contributed by atoms with Gasteiger partial charge in [-0.2, -0.15) is 4.99 Å². The van der Waals surface area contributed by atoms with E-state index in [4.69, 9.17) is 14.2 Å². The Kier molecular flexibility index (Phi) is 7.37. The first-order chi connectivity index (χ1) is 16.3. The average molecular weight is 505 g/mol. The molecule has 0 bridgehead atoms. The second kappa shape index (κ2) is 10.3. The van der Waals surface area contributed by atoms with Gasteiger partial charge in [-0.3, -0.25) is 4.79 Å². The minimum atomic E-state index is -3.09. The van der Waals surface area contributed by atoms with Gasteiger partial charge in [0.25, 0.3) is 5.91 Å². The maximum absolute atomic E-state index is 12.8. The molecule has 0 spiro atoms. The van der Waals surface area contributed by atoms with Crippen molar-refractivity contribution in [3.8, 4) is 17.2 Å². The van der Waals surface area contributed by atoms with Gasteiger partial charge in [0.1, 0.15) is 5.75 Å². The summed E-state index contributed by atoms with van der Waals surface area (Å²) in [4.78, 5) is 19.2. The molecule has 2 aliphatic rings. The summed E-state index contributed by atoms with van der Waals surface area (Å²) < 4.78 is 40.2. The molecule has 2 aromatic rings. The highest BCUT2D eigenvalue weighted by molar-refractivity contribution is 8.15. The number of rotatable bonds is 8. The van der Waals surface area contributed by atoms with Gasteiger partial charge in [0, 0.05) is 11.8 Å². The van der Waals surface area contributed by atoms with Gasteiger partial charge in [-0.1, -0.05) is 30.0 Å². The molecule has 10 heteroatoms. The molecule has 2 aromatic carbocycles. The van der Waals surface area contributed by atoms with E-state index in [1.54, 1.807) is 33.5 Å². The first-order valence-corrected chi connectivity index (χ1v) is 13.6. The van der Waals surface area contributed by atoms with E-state index in [2.05, 4.69) is 4.99 Å². The average Bonchev–Trinajstić information content (AvgIpc) is 3.28. The number of nitrogens with zero attached hydrogens (tertiary/aromatic N) is 2. The third kappa shape index (κ3) is 5.50. The number of carbonyl (C=O) groups excluding carboxylic acids is 1. The van der Waals surface area contributed by atoms with Crippen LogP contribution in [-0.2, 0) is 27.5 Å². The van der Waals surface area contributed by atoms with Gasteiger partial charge in [-0.05, 0) is 41.8 Å². The van der Waals surface area contributed by atoms with E-state index in [1.165, 1.54) is 11.8 Å². The summed E-state index contributed by atoms with van der Waals surface area (Å²) in [5.41, 5.74) is 1.87. The van der Waals surface area contributed by atoms with Gasteiger partial charge < -0.3 is 19.1 Å². The van der Waals surface area contributed by atoms with Crippen molar-refractivity contribution in [2.24, 2.45) is 4.99 Å². The molecule has 2 fully saturated rings. The summed E-state index contributed by atoms with van der Waals surface area (Å²) >= 11 is 1.40. The Hall–Kier alpha value is -2.72. The lowest BCUT2D eigenvalue weighted by molar-refractivity contribution is -0.117. The van der Waals surface area contributed by atoms with Crippen LogP contribution in [0.15, 0.2) is 47.5 Å². The third-order valence-electron chi connectivity index (χ3n) is 6.00. The molecule has 2 aliphatic heterocycles. The van der Waals surface area contributed by atoms with Crippen LogP contribution in [0, 0.1) is 0 Å². The smallest absolute Gasteiger partial charge is 0.252 e. The lowest BCUT2D eigenvalue weighted by Crippen LogP contribution is -2.39. The van der Waals surface area contributed by atoms with Crippen molar-refractivity contribution < 1.29 is 27.4 Å². The minimum Gasteiger partial charge on any atom is -0.497 e. The van der Waals surface area contributed by atoms with Crippen LogP contribution in [0.3, 0.4) is 0 Å². The number of sulfone groups is 1. The number of hydrogen-bond acceptors (Lipinski definition) is 7. The second-order valence-corrected chi connectivity index (χ2v) is 11.6. The van der Waals surface area contributed by atoms with Gasteiger partial charge in [0.05, 0.1) is 45.3 Å². The molecule has 0 unspecified atom stereocenters. The lowest BCUT2D eigenvalue weighted by Gasteiger charge is -2.24. The van der Waals surface area contributed by atoms with Gasteiger partial charge in [0.15, 0.2) is 26.5 Å². The number of ether oxygens (including phenoxy) is 3. The first-order valence-electron chi connectivity index (χ1n) is 10.9. The zero-order valence-electron chi connectivity index (χ0n) is 19.4. The molecule has 4 rings (SSSR count). The van der Waals surface area contributed by atoms with Crippen LogP contribution in [0.2, 0.25) is 0 Å². The first kappa shape index (κ1) is 24.4. The van der Waals surface area contributed by atoms with Crippen molar-refractivity contribution in [1.82, 2.24) is 4.90 Å². The summed E-state index contributed by atoms with van der Waals surface area (Å²) in [5.74, 6) is 1.85. The van der Waals surface area contributed by atoms with Crippen LogP contribution in [-0.4, -0.2) is 75.1 Å². The largest absolute Gasteiger partial charge is 0.497 e. The number of fused-ring (bicyclic) bond motifs is 1. The van der Waals surface area contributed by atoms with Crippen molar-refractivity contribution in [2.45, 2.75) is 24.1 Å². The van der Waals surface area contributed by atoms with E-state index in [-0.39, 0.29) is 35.1 Å². The topological polar surface area (TPSA) is 94.5 Å². The van der Waals surface area contributed by atoms with E-state index in [0.717, 1.165) is 16.9 Å². The quantitative estimate of drug-likeness (QED) is 0.542. The maximum atomic E-state index is 12.8. The second-order valence-electron chi connectivity index (χ2n) is 8.25. The molecule has 2 atom stereocenters. The van der Waals surface area contributed by atoms with Gasteiger partial charge in [0.2, 0.25) is 0 Å². The Labute approximate surface area is 204 Å². The molecule has 8 nitrogen and oxygen atoms in total. The number of hydrogen-bond donors (Lipinski definition) is 0. The number of thioether (sulfide) groups is 1. The monoisotopic (exact) mass is 504 g/mol. The molecule has 1 amide bonds. The zero-order valence-corrected chi connectivity index (χ0v) is 21.0. The van der Waals surface area contributed by atoms with E-state index in [0.29, 0.717) is 29.6 Å². The highest BCUT2D eigenvalue weighted by Gasteiger charge is 2.48. The van der Waals surface area contributed by atoms with Crippen LogP contribution in [0.25, 0.3) is 0 Å². The fourth-order valence-electron chi connectivity index (χ4n) is 4.25. The molecule has 0 saturated carbocycles. The Morgan fingerprint density at radius 1 is 1.00 bits per heavy atom. The molecule has 182 valence electrons. The predicted molar refractivity (Wildman–Crippen MR) is 133 cm³/mol. The zero-order chi connectivity index (χ0) is 24.3. The molecule has 2 heterocycles. The fraction of sp³-hybridized carbons (Fsp3) is 0.417. The van der Waals surface area contributed by atoms with Crippen molar-refractivity contribution in [2.75, 3.05) is 39.4 Å². The molecule has 34 heavy (non-hydrogen) atoms. The molecular formula is C24H28N2O6S2. The van der Waals surface area contributed by atoms with Gasteiger partial charge >= 0.3 is 0 Å². The Morgan fingerprint density at radius 3 is 2.38 bits per heavy atom. The van der Waals surface area contributed by atoms with Gasteiger partial charge in [-0.15, -0.1) is 0 Å². The number of methoxy groups -OCH3 is 3. The molecule has 0 aromatic heterocycles. The van der Waals surface area contributed by atoms with E-state index in [9.17, 15) is 13.2 Å². The molecule has 0 N–H and O–H groups in total. The standard InChI is InChI=1S/C24H28N2O6S2/c1-30-18-7-4-16(5-8-18)10-11-26-19-14-34(28,29)15-22(19)33-24(26)25-23(27)13-17-6-9-20(31-2)21(12-17)32-3/h4-9,12,19,22H,10-11,13-15H2,1-3H3/t19-,22-/m0/s1. The van der Waals surface area contributed by atoms with Crippen LogP contribution in [0.1, 0.15) is 11.1 Å². The van der Waals surface area contributed by atoms with Crippen LogP contribution in [0.5, 0.6) is 17.2 Å². The van der Waals surface area contributed by atoms with Crippen molar-refractivity contribution in [3.05, 3.63) is 53.6 Å². The van der Waals surface area contributed by atoms with Crippen LogP contribution >= 0.6 is 11.8 Å². The molecule has 0 radical (unpaired) electrons. The highest BCUT2D eigenvalue weighted by Crippen LogP contribution is 2.38. The predicted octanol–water partition coefficient (Wildman–Crippen LogP) is 2.59. The Balaban J connectivity index is 1.50. The SMILES string of the molecule is COc1ccc(CCN2C(=NC(=O)Cc3ccc(OC)c(OC)c3)S[C@H]3CS(=O)(=O)C[C@@H]32)cc1. The maximum Gasteiger partial charge on any atom is 0.252 e. The highest BCUT2D eigenvalue weighted by atomic mass is 32.2. The van der Waals surface area contributed by atoms with E-state index >= 15 is 0 Å². The third-order valence-corrected chi connectivity index (χ3v) is 9.25. The van der Waals surface area contributed by atoms with Gasteiger partial charge in [-0.25, -0.2) is 8.42 Å². The van der Waals surface area contributed by atoms with Crippen molar-refractivity contribution in [1.29, 1.82) is 0 Å². The number of aliphatic imine (C=N–C) groups is 1. The van der Waals surface area contributed by atoms with Crippen molar-refractivity contribution in [3.63, 3.8) is 0 Å². The van der Waals surface area contributed by atoms with E-state index in [1.807, 2.05) is 35.2 Å². The van der Waals surface area contributed by atoms with Crippen LogP contribution < -0.4 is 14.2 Å². The number of amides is 1. The minimum absolute atomic E-state index is 0.0934. The summed E-state index contributed by atoms with van der Waals surface area (Å²) in [6.45, 7) is 0.582. The Morgan fingerprint density at radius 2 is 1.71 bits per heavy atom. The lowest BCUT2D eigenvalue weighted by atomic mass is 10.1. The molecular weight excluding hydrogens is 476 g/mol. The number of benzene rings is 2. The number of amidine groups is 1. The fourth-order valence-corrected chi connectivity index (χ4v) is 8.25. The summed E-state index contributed by atoms with van der Waals surface area (Å²) in [6.07, 6.45) is 0.821. The number of carbonyl (C=O) groups is 1. The Bertz CT molecular complexity index is 1180. The van der Waals surface area contributed by atoms with Crippen LogP contribution in [0.4, 0.5) is 0 Å².